The standard InChI is InChI=1S/C14H13N3O4/c1-19-5-8-11-12(15-14(18)13(11)17-16-8)7-2-3-9-10(4-7)21-6-20-9/h2-4,12H,5-6H2,1H3,(H,15,18)(H,16,17). The van der Waals surface area contributed by atoms with E-state index in [2.05, 4.69) is 15.5 Å². The SMILES string of the molecule is COCc1[nH]nc2c1C(c1ccc3c(c1)OCO3)NC2=O. The van der Waals surface area contributed by atoms with Gasteiger partial charge in [0.25, 0.3) is 5.91 Å². The van der Waals surface area contributed by atoms with Crippen molar-refractivity contribution >= 4 is 5.91 Å². The van der Waals surface area contributed by atoms with Crippen LogP contribution in [0.15, 0.2) is 18.2 Å². The molecule has 2 aromatic rings. The van der Waals surface area contributed by atoms with Crippen LogP contribution in [0.1, 0.15) is 33.4 Å². The van der Waals surface area contributed by atoms with E-state index in [1.165, 1.54) is 0 Å². The van der Waals surface area contributed by atoms with Crippen LogP contribution in [0.3, 0.4) is 0 Å². The van der Waals surface area contributed by atoms with Crippen molar-refractivity contribution in [2.75, 3.05) is 13.9 Å². The largest absolute Gasteiger partial charge is 0.454 e. The number of nitrogens with one attached hydrogen (secondary N) is 2. The third kappa shape index (κ3) is 1.78. The molecule has 21 heavy (non-hydrogen) atoms. The van der Waals surface area contributed by atoms with E-state index in [-0.39, 0.29) is 18.7 Å². The number of ether oxygens (including phenoxy) is 3. The first kappa shape index (κ1) is 12.2. The van der Waals surface area contributed by atoms with E-state index in [9.17, 15) is 4.79 Å². The van der Waals surface area contributed by atoms with Crippen molar-refractivity contribution < 1.29 is 19.0 Å². The van der Waals surface area contributed by atoms with Crippen LogP contribution >= 0.6 is 0 Å². The van der Waals surface area contributed by atoms with Gasteiger partial charge in [0.1, 0.15) is 0 Å². The number of rotatable bonds is 3. The molecule has 0 saturated heterocycles. The fourth-order valence-electron chi connectivity index (χ4n) is 2.74. The molecule has 0 radical (unpaired) electrons. The van der Waals surface area contributed by atoms with Gasteiger partial charge < -0.3 is 19.5 Å². The topological polar surface area (TPSA) is 85.5 Å². The summed E-state index contributed by atoms with van der Waals surface area (Å²) in [6, 6.07) is 5.38. The first-order chi connectivity index (χ1) is 10.3. The lowest BCUT2D eigenvalue weighted by Gasteiger charge is -2.13. The minimum absolute atomic E-state index is 0.189. The van der Waals surface area contributed by atoms with Gasteiger partial charge in [0.15, 0.2) is 17.2 Å². The first-order valence-electron chi connectivity index (χ1n) is 6.54. The van der Waals surface area contributed by atoms with Crippen molar-refractivity contribution in [2.45, 2.75) is 12.6 Å². The van der Waals surface area contributed by atoms with Crippen molar-refractivity contribution in [3.63, 3.8) is 0 Å². The number of methoxy groups -OCH3 is 1. The zero-order valence-corrected chi connectivity index (χ0v) is 11.3. The average molecular weight is 287 g/mol. The van der Waals surface area contributed by atoms with Crippen LogP contribution in [0, 0.1) is 0 Å². The van der Waals surface area contributed by atoms with Gasteiger partial charge in [-0.15, -0.1) is 0 Å². The number of fused-ring (bicyclic) bond motifs is 2. The lowest BCUT2D eigenvalue weighted by molar-refractivity contribution is 0.0955. The maximum absolute atomic E-state index is 12.0. The molecule has 2 aliphatic heterocycles. The third-order valence-electron chi connectivity index (χ3n) is 3.68. The van der Waals surface area contributed by atoms with Crippen LogP contribution in [0.25, 0.3) is 0 Å². The van der Waals surface area contributed by atoms with Gasteiger partial charge in [0, 0.05) is 12.7 Å². The van der Waals surface area contributed by atoms with E-state index in [1.807, 2.05) is 18.2 Å². The molecule has 108 valence electrons. The average Bonchev–Trinajstić information content (AvgIpc) is 3.17. The second-order valence-corrected chi connectivity index (χ2v) is 4.92. The summed E-state index contributed by atoms with van der Waals surface area (Å²) in [7, 11) is 1.60. The van der Waals surface area contributed by atoms with Crippen molar-refractivity contribution in [1.82, 2.24) is 15.5 Å². The van der Waals surface area contributed by atoms with E-state index < -0.39 is 0 Å². The van der Waals surface area contributed by atoms with E-state index in [1.54, 1.807) is 7.11 Å². The summed E-state index contributed by atoms with van der Waals surface area (Å²) in [5.41, 5.74) is 2.98. The highest BCUT2D eigenvalue weighted by atomic mass is 16.7. The predicted molar refractivity (Wildman–Crippen MR) is 71.2 cm³/mol. The Labute approximate surface area is 120 Å². The van der Waals surface area contributed by atoms with Gasteiger partial charge in [-0.25, -0.2) is 0 Å². The number of carbonyl (C=O) groups is 1. The molecule has 0 fully saturated rings. The molecule has 1 unspecified atom stereocenters. The summed E-state index contributed by atoms with van der Waals surface area (Å²) in [5, 5.41) is 9.87. The van der Waals surface area contributed by atoms with Gasteiger partial charge in [-0.1, -0.05) is 6.07 Å². The summed E-state index contributed by atoms with van der Waals surface area (Å²) >= 11 is 0. The minimum Gasteiger partial charge on any atom is -0.454 e. The predicted octanol–water partition coefficient (Wildman–Crippen LogP) is 1.12. The zero-order chi connectivity index (χ0) is 14.4. The Morgan fingerprint density at radius 1 is 1.38 bits per heavy atom. The Hall–Kier alpha value is -2.54. The van der Waals surface area contributed by atoms with E-state index in [0.717, 1.165) is 16.8 Å². The molecule has 0 spiro atoms. The van der Waals surface area contributed by atoms with Crippen molar-refractivity contribution in [3.05, 3.63) is 40.7 Å². The van der Waals surface area contributed by atoms with E-state index >= 15 is 0 Å². The fourth-order valence-corrected chi connectivity index (χ4v) is 2.74. The van der Waals surface area contributed by atoms with Gasteiger partial charge in [-0.2, -0.15) is 5.10 Å². The van der Waals surface area contributed by atoms with Gasteiger partial charge >= 0.3 is 0 Å². The number of carbonyl (C=O) groups excluding carboxylic acids is 1. The molecule has 7 nitrogen and oxygen atoms in total. The lowest BCUT2D eigenvalue weighted by atomic mass is 9.99. The second kappa shape index (κ2) is 4.49. The zero-order valence-electron chi connectivity index (χ0n) is 11.3. The molecule has 1 aromatic carbocycles. The van der Waals surface area contributed by atoms with E-state index in [0.29, 0.717) is 23.8 Å². The maximum atomic E-state index is 12.0. The van der Waals surface area contributed by atoms with Crippen molar-refractivity contribution in [2.24, 2.45) is 0 Å². The number of aromatic nitrogens is 2. The Morgan fingerprint density at radius 2 is 2.24 bits per heavy atom. The van der Waals surface area contributed by atoms with Crippen LogP contribution in [0.5, 0.6) is 11.5 Å². The molecule has 2 N–H and O–H groups in total. The second-order valence-electron chi connectivity index (χ2n) is 4.92. The van der Waals surface area contributed by atoms with Crippen LogP contribution in [0.2, 0.25) is 0 Å². The third-order valence-corrected chi connectivity index (χ3v) is 3.68. The Morgan fingerprint density at radius 3 is 3.10 bits per heavy atom. The maximum Gasteiger partial charge on any atom is 0.272 e. The lowest BCUT2D eigenvalue weighted by Crippen LogP contribution is -2.21. The summed E-state index contributed by atoms with van der Waals surface area (Å²) < 4.78 is 15.8. The molecule has 7 heteroatoms. The normalized spacial score (nSPS) is 18.7. The number of hydrogen-bond donors (Lipinski definition) is 2. The highest BCUT2D eigenvalue weighted by Crippen LogP contribution is 2.38. The molecule has 2 aliphatic rings. The van der Waals surface area contributed by atoms with Crippen LogP contribution in [-0.2, 0) is 11.3 Å². The Kier molecular flexibility index (Phi) is 2.61. The number of aromatic amines is 1. The summed E-state index contributed by atoms with van der Waals surface area (Å²) in [4.78, 5) is 12.0. The minimum atomic E-state index is -0.258. The molecule has 0 aliphatic carbocycles. The van der Waals surface area contributed by atoms with Gasteiger partial charge in [0.05, 0.1) is 18.3 Å². The van der Waals surface area contributed by atoms with Gasteiger partial charge in [-0.3, -0.25) is 9.89 Å². The molecule has 4 rings (SSSR count). The quantitative estimate of drug-likeness (QED) is 0.883. The summed E-state index contributed by atoms with van der Waals surface area (Å²) in [5.74, 6) is 1.21. The highest BCUT2D eigenvalue weighted by molar-refractivity contribution is 5.98. The number of amides is 1. The number of H-pyrrole nitrogens is 1. The van der Waals surface area contributed by atoms with E-state index in [4.69, 9.17) is 14.2 Å². The van der Waals surface area contributed by atoms with Gasteiger partial charge in [0.2, 0.25) is 6.79 Å². The Balaban J connectivity index is 1.77. The molecule has 0 bridgehead atoms. The van der Waals surface area contributed by atoms with Gasteiger partial charge in [-0.05, 0) is 17.7 Å². The van der Waals surface area contributed by atoms with Crippen LogP contribution < -0.4 is 14.8 Å². The van der Waals surface area contributed by atoms with Crippen LogP contribution in [0.4, 0.5) is 0 Å². The summed E-state index contributed by atoms with van der Waals surface area (Å²) in [6.45, 7) is 0.597. The summed E-state index contributed by atoms with van der Waals surface area (Å²) in [6.07, 6.45) is 0. The smallest absolute Gasteiger partial charge is 0.272 e. The first-order valence-corrected chi connectivity index (χ1v) is 6.54. The molecular weight excluding hydrogens is 274 g/mol. The Bertz CT molecular complexity index is 725. The highest BCUT2D eigenvalue weighted by Gasteiger charge is 2.35. The molecular formula is C14H13N3O4. The number of hydrogen-bond acceptors (Lipinski definition) is 5. The molecule has 3 heterocycles. The fraction of sp³-hybridized carbons (Fsp3) is 0.286. The number of nitrogens with zero attached hydrogens (tertiary/aromatic N) is 1. The monoisotopic (exact) mass is 287 g/mol. The molecule has 0 saturated carbocycles. The van der Waals surface area contributed by atoms with Crippen molar-refractivity contribution in [1.29, 1.82) is 0 Å². The molecule has 1 aromatic heterocycles. The van der Waals surface area contributed by atoms with Crippen LogP contribution in [-0.4, -0.2) is 30.0 Å². The molecule has 1 atom stereocenters. The number of benzene rings is 1. The van der Waals surface area contributed by atoms with Crippen molar-refractivity contribution in [3.8, 4) is 11.5 Å². The molecule has 1 amide bonds.